The van der Waals surface area contributed by atoms with Gasteiger partial charge in [0, 0.05) is 18.7 Å². The standard InChI is InChI=1S/C13H14F2N2O2S/c1-2-3-4-17-10-6-8(14)5-9(15)12(10)16-13(17)20-7-11(18)19/h5-6H,2-4,7H2,1H3,(H,18,19). The molecule has 0 bridgehead atoms. The number of hydrogen-bond donors (Lipinski definition) is 1. The van der Waals surface area contributed by atoms with Crippen molar-refractivity contribution < 1.29 is 18.7 Å². The molecule has 20 heavy (non-hydrogen) atoms. The number of rotatable bonds is 6. The Balaban J connectivity index is 2.48. The van der Waals surface area contributed by atoms with E-state index >= 15 is 0 Å². The third kappa shape index (κ3) is 3.09. The number of halogens is 2. The van der Waals surface area contributed by atoms with E-state index in [1.165, 1.54) is 6.07 Å². The lowest BCUT2D eigenvalue weighted by Gasteiger charge is -2.07. The molecule has 2 rings (SSSR count). The fourth-order valence-corrected chi connectivity index (χ4v) is 2.65. The molecule has 0 aliphatic heterocycles. The molecule has 0 aliphatic rings. The first-order chi connectivity index (χ1) is 9.52. The molecular weight excluding hydrogens is 286 g/mol. The second kappa shape index (κ2) is 6.21. The number of benzene rings is 1. The highest BCUT2D eigenvalue weighted by Gasteiger charge is 2.16. The van der Waals surface area contributed by atoms with Crippen molar-refractivity contribution in [3.05, 3.63) is 23.8 Å². The van der Waals surface area contributed by atoms with Crippen molar-refractivity contribution in [2.24, 2.45) is 0 Å². The fraction of sp³-hybridized carbons (Fsp3) is 0.385. The second-order valence-corrected chi connectivity index (χ2v) is 5.28. The van der Waals surface area contributed by atoms with Crippen molar-refractivity contribution in [3.8, 4) is 0 Å². The molecule has 0 saturated heterocycles. The molecule has 0 unspecified atom stereocenters. The fourth-order valence-electron chi connectivity index (χ4n) is 1.90. The molecule has 0 saturated carbocycles. The van der Waals surface area contributed by atoms with Crippen LogP contribution in [0.15, 0.2) is 17.3 Å². The Morgan fingerprint density at radius 3 is 2.85 bits per heavy atom. The molecule has 1 N–H and O–H groups in total. The number of hydrogen-bond acceptors (Lipinski definition) is 3. The van der Waals surface area contributed by atoms with Gasteiger partial charge in [-0.1, -0.05) is 25.1 Å². The van der Waals surface area contributed by atoms with E-state index in [4.69, 9.17) is 5.11 Å². The van der Waals surface area contributed by atoms with Crippen LogP contribution in [0, 0.1) is 11.6 Å². The molecule has 7 heteroatoms. The summed E-state index contributed by atoms with van der Waals surface area (Å²) in [5.41, 5.74) is 0.444. The van der Waals surface area contributed by atoms with E-state index in [1.54, 1.807) is 4.57 Å². The number of carboxylic acid groups (broad SMARTS) is 1. The summed E-state index contributed by atoms with van der Waals surface area (Å²) in [6.45, 7) is 2.56. The van der Waals surface area contributed by atoms with E-state index in [-0.39, 0.29) is 11.3 Å². The van der Waals surface area contributed by atoms with Gasteiger partial charge in [-0.2, -0.15) is 0 Å². The SMILES string of the molecule is CCCCn1c(SCC(=O)O)nc2c(F)cc(F)cc21. The maximum Gasteiger partial charge on any atom is 0.313 e. The number of aromatic nitrogens is 2. The highest BCUT2D eigenvalue weighted by atomic mass is 32.2. The van der Waals surface area contributed by atoms with Crippen LogP contribution in [0.1, 0.15) is 19.8 Å². The van der Waals surface area contributed by atoms with Crippen molar-refractivity contribution >= 4 is 28.8 Å². The van der Waals surface area contributed by atoms with Crippen LogP contribution < -0.4 is 0 Å². The van der Waals surface area contributed by atoms with Crippen molar-refractivity contribution in [3.63, 3.8) is 0 Å². The highest BCUT2D eigenvalue weighted by molar-refractivity contribution is 7.99. The van der Waals surface area contributed by atoms with E-state index in [0.29, 0.717) is 17.2 Å². The van der Waals surface area contributed by atoms with Crippen molar-refractivity contribution in [1.82, 2.24) is 9.55 Å². The van der Waals surface area contributed by atoms with Crippen LogP contribution in [0.25, 0.3) is 11.0 Å². The molecule has 0 amide bonds. The van der Waals surface area contributed by atoms with E-state index in [9.17, 15) is 13.6 Å². The Hall–Kier alpha value is -1.63. The molecular formula is C13H14F2N2O2S. The normalized spacial score (nSPS) is 11.2. The monoisotopic (exact) mass is 300 g/mol. The molecule has 1 heterocycles. The Labute approximate surface area is 118 Å². The predicted molar refractivity (Wildman–Crippen MR) is 72.9 cm³/mol. The second-order valence-electron chi connectivity index (χ2n) is 4.34. The summed E-state index contributed by atoms with van der Waals surface area (Å²) in [5.74, 6) is -2.54. The summed E-state index contributed by atoms with van der Waals surface area (Å²) in [7, 11) is 0. The minimum atomic E-state index is -0.976. The van der Waals surface area contributed by atoms with Crippen LogP contribution in [0.4, 0.5) is 8.78 Å². The first-order valence-corrected chi connectivity index (χ1v) is 7.21. The van der Waals surface area contributed by atoms with Crippen molar-refractivity contribution in [2.75, 3.05) is 5.75 Å². The van der Waals surface area contributed by atoms with Crippen molar-refractivity contribution in [1.29, 1.82) is 0 Å². The molecule has 0 spiro atoms. The first-order valence-electron chi connectivity index (χ1n) is 6.22. The Morgan fingerprint density at radius 2 is 2.20 bits per heavy atom. The third-order valence-electron chi connectivity index (χ3n) is 2.80. The third-order valence-corrected chi connectivity index (χ3v) is 3.76. The minimum absolute atomic E-state index is 0.0791. The highest BCUT2D eigenvalue weighted by Crippen LogP contribution is 2.27. The zero-order valence-electron chi connectivity index (χ0n) is 10.9. The van der Waals surface area contributed by atoms with E-state index in [1.807, 2.05) is 6.92 Å². The summed E-state index contributed by atoms with van der Waals surface area (Å²) < 4.78 is 28.7. The molecule has 2 aromatic rings. The molecule has 108 valence electrons. The van der Waals surface area contributed by atoms with Crippen LogP contribution >= 0.6 is 11.8 Å². The van der Waals surface area contributed by atoms with Crippen LogP contribution in [-0.4, -0.2) is 26.4 Å². The number of carbonyl (C=O) groups is 1. The van der Waals surface area contributed by atoms with Crippen LogP contribution in [0.2, 0.25) is 0 Å². The molecule has 4 nitrogen and oxygen atoms in total. The van der Waals surface area contributed by atoms with Crippen LogP contribution in [0.3, 0.4) is 0 Å². The van der Waals surface area contributed by atoms with Gasteiger partial charge in [0.2, 0.25) is 0 Å². The number of nitrogens with zero attached hydrogens (tertiary/aromatic N) is 2. The molecule has 1 aromatic carbocycles. The Kier molecular flexibility index (Phi) is 4.59. The average molecular weight is 300 g/mol. The molecule has 0 fully saturated rings. The lowest BCUT2D eigenvalue weighted by Crippen LogP contribution is -2.03. The van der Waals surface area contributed by atoms with Gasteiger partial charge in [0.15, 0.2) is 11.0 Å². The van der Waals surface area contributed by atoms with Gasteiger partial charge in [0.25, 0.3) is 0 Å². The van der Waals surface area contributed by atoms with E-state index in [0.717, 1.165) is 30.7 Å². The average Bonchev–Trinajstić information content (AvgIpc) is 2.72. The Morgan fingerprint density at radius 1 is 1.45 bits per heavy atom. The molecule has 0 atom stereocenters. The van der Waals surface area contributed by atoms with E-state index in [2.05, 4.69) is 4.98 Å². The van der Waals surface area contributed by atoms with Crippen LogP contribution in [0.5, 0.6) is 0 Å². The number of imidazole rings is 1. The van der Waals surface area contributed by atoms with Gasteiger partial charge < -0.3 is 9.67 Å². The summed E-state index contributed by atoms with van der Waals surface area (Å²) in [6.07, 6.45) is 1.74. The van der Waals surface area contributed by atoms with Gasteiger partial charge in [-0.15, -0.1) is 0 Å². The number of fused-ring (bicyclic) bond motifs is 1. The number of aliphatic carboxylic acids is 1. The Bertz CT molecular complexity index is 643. The van der Waals surface area contributed by atoms with Gasteiger partial charge >= 0.3 is 5.97 Å². The summed E-state index contributed by atoms with van der Waals surface area (Å²) in [6, 6.07) is 2.01. The lowest BCUT2D eigenvalue weighted by atomic mass is 10.3. The zero-order valence-corrected chi connectivity index (χ0v) is 11.7. The predicted octanol–water partition coefficient (Wildman–Crippen LogP) is 3.29. The molecule has 0 aliphatic carbocycles. The number of aryl methyl sites for hydroxylation is 1. The topological polar surface area (TPSA) is 55.1 Å². The number of thioether (sulfide) groups is 1. The van der Waals surface area contributed by atoms with Gasteiger partial charge in [0.1, 0.15) is 11.3 Å². The largest absolute Gasteiger partial charge is 0.481 e. The van der Waals surface area contributed by atoms with E-state index < -0.39 is 17.6 Å². The summed E-state index contributed by atoms with van der Waals surface area (Å²) >= 11 is 1.01. The van der Waals surface area contributed by atoms with Crippen LogP contribution in [-0.2, 0) is 11.3 Å². The quantitative estimate of drug-likeness (QED) is 0.832. The maximum atomic E-state index is 13.7. The number of carboxylic acids is 1. The van der Waals surface area contributed by atoms with Gasteiger partial charge in [-0.05, 0) is 6.42 Å². The lowest BCUT2D eigenvalue weighted by molar-refractivity contribution is -0.133. The molecule has 1 aromatic heterocycles. The maximum absolute atomic E-state index is 13.7. The van der Waals surface area contributed by atoms with Gasteiger partial charge in [-0.25, -0.2) is 13.8 Å². The van der Waals surface area contributed by atoms with Crippen molar-refractivity contribution in [2.45, 2.75) is 31.5 Å². The first kappa shape index (κ1) is 14.8. The van der Waals surface area contributed by atoms with Gasteiger partial charge in [0.05, 0.1) is 11.3 Å². The summed E-state index contributed by atoms with van der Waals surface area (Å²) in [4.78, 5) is 14.7. The minimum Gasteiger partial charge on any atom is -0.481 e. The number of unbranched alkanes of at least 4 members (excludes halogenated alkanes) is 1. The molecule has 0 radical (unpaired) electrons. The summed E-state index contributed by atoms with van der Waals surface area (Å²) in [5, 5.41) is 9.13. The smallest absolute Gasteiger partial charge is 0.313 e. The zero-order chi connectivity index (χ0) is 14.7. The van der Waals surface area contributed by atoms with Gasteiger partial charge in [-0.3, -0.25) is 4.79 Å².